The molecule has 0 saturated carbocycles. The summed E-state index contributed by atoms with van der Waals surface area (Å²) in [5.41, 5.74) is 2.81. The highest BCUT2D eigenvalue weighted by Crippen LogP contribution is 2.17. The van der Waals surface area contributed by atoms with Crippen LogP contribution in [0.5, 0.6) is 0 Å². The molecule has 1 amide bonds. The lowest BCUT2D eigenvalue weighted by Gasteiger charge is -2.08. The lowest BCUT2D eigenvalue weighted by Crippen LogP contribution is -2.13. The van der Waals surface area contributed by atoms with Crippen LogP contribution in [0.1, 0.15) is 27.8 Å². The molecule has 0 saturated heterocycles. The first kappa shape index (κ1) is 17.3. The van der Waals surface area contributed by atoms with Crippen molar-refractivity contribution >= 4 is 28.8 Å². The minimum absolute atomic E-state index is 0.0335. The van der Waals surface area contributed by atoms with E-state index in [0.29, 0.717) is 16.9 Å². The number of rotatable bonds is 5. The average molecular weight is 349 g/mol. The molecule has 3 rings (SSSR count). The van der Waals surface area contributed by atoms with Crippen molar-refractivity contribution in [2.75, 3.05) is 10.6 Å². The molecule has 6 heteroatoms. The minimum Gasteiger partial charge on any atom is -0.354 e. The Hall–Kier alpha value is -3.54. The van der Waals surface area contributed by atoms with E-state index in [4.69, 9.17) is 0 Å². The number of amides is 1. The third-order valence-electron chi connectivity index (χ3n) is 3.68. The molecular weight excluding hydrogens is 333 g/mol. The topological polar surface area (TPSA) is 71.1 Å². The molecule has 5 nitrogen and oxygen atoms in total. The maximum absolute atomic E-state index is 12.9. The number of hydrogen-bond acceptors (Lipinski definition) is 4. The van der Waals surface area contributed by atoms with E-state index < -0.39 is 0 Å². The number of carbonyl (C=O) groups excluding carboxylic acids is 2. The van der Waals surface area contributed by atoms with E-state index in [0.717, 1.165) is 5.69 Å². The number of ketones is 1. The number of carbonyl (C=O) groups is 2. The van der Waals surface area contributed by atoms with Gasteiger partial charge in [0.1, 0.15) is 11.5 Å². The zero-order valence-electron chi connectivity index (χ0n) is 14.0. The van der Waals surface area contributed by atoms with Gasteiger partial charge >= 0.3 is 0 Å². The van der Waals surface area contributed by atoms with Crippen LogP contribution in [0.3, 0.4) is 0 Å². The second-order valence-corrected chi connectivity index (χ2v) is 5.65. The van der Waals surface area contributed by atoms with Crippen molar-refractivity contribution < 1.29 is 14.0 Å². The van der Waals surface area contributed by atoms with E-state index in [1.807, 2.05) is 0 Å². The molecule has 0 aliphatic rings. The maximum atomic E-state index is 12.9. The zero-order valence-corrected chi connectivity index (χ0v) is 14.0. The molecule has 0 radical (unpaired) electrons. The predicted molar refractivity (Wildman–Crippen MR) is 98.3 cm³/mol. The summed E-state index contributed by atoms with van der Waals surface area (Å²) in [6.07, 6.45) is 1.52. The fourth-order valence-electron chi connectivity index (χ4n) is 2.29. The van der Waals surface area contributed by atoms with Crippen molar-refractivity contribution in [3.63, 3.8) is 0 Å². The number of benzene rings is 2. The molecule has 0 bridgehead atoms. The van der Waals surface area contributed by atoms with E-state index in [1.54, 1.807) is 48.5 Å². The Labute approximate surface area is 149 Å². The Morgan fingerprint density at radius 1 is 0.846 bits per heavy atom. The predicted octanol–water partition coefficient (Wildman–Crippen LogP) is 4.42. The highest BCUT2D eigenvalue weighted by atomic mass is 19.1. The van der Waals surface area contributed by atoms with Gasteiger partial charge in [0, 0.05) is 16.9 Å². The second-order valence-electron chi connectivity index (χ2n) is 5.65. The summed E-state index contributed by atoms with van der Waals surface area (Å²) in [5.74, 6) is -0.695. The zero-order chi connectivity index (χ0) is 18.5. The monoisotopic (exact) mass is 349 g/mol. The Bertz CT molecular complexity index is 921. The Kier molecular flexibility index (Phi) is 5.03. The molecule has 2 N–H and O–H groups in total. The number of nitrogens with one attached hydrogen (secondary N) is 2. The van der Waals surface area contributed by atoms with Gasteiger partial charge in [0.15, 0.2) is 5.78 Å². The van der Waals surface area contributed by atoms with E-state index in [2.05, 4.69) is 15.6 Å². The number of aromatic nitrogens is 1. The standard InChI is InChI=1S/C20H16FN3O2/c1-13(25)14-2-6-17(7-3-14)24-20(26)19-11-10-18(12-22-19)23-16-8-4-15(21)5-9-16/h2-12,23H,1H3,(H,24,26). The van der Waals surface area contributed by atoms with Gasteiger partial charge in [0.05, 0.1) is 11.9 Å². The normalized spacial score (nSPS) is 10.2. The van der Waals surface area contributed by atoms with Crippen molar-refractivity contribution in [2.45, 2.75) is 6.92 Å². The number of Topliss-reactive ketones (excluding diaryl/α,β-unsaturated/α-hetero) is 1. The molecule has 3 aromatic rings. The Balaban J connectivity index is 1.64. The van der Waals surface area contributed by atoms with Crippen LogP contribution in [0.2, 0.25) is 0 Å². The number of anilines is 3. The molecule has 0 spiro atoms. The molecule has 130 valence electrons. The van der Waals surface area contributed by atoms with Gasteiger partial charge in [-0.1, -0.05) is 0 Å². The number of halogens is 1. The fraction of sp³-hybridized carbons (Fsp3) is 0.0500. The SMILES string of the molecule is CC(=O)c1ccc(NC(=O)c2ccc(Nc3ccc(F)cc3)cn2)cc1. The lowest BCUT2D eigenvalue weighted by molar-refractivity contribution is 0.101. The molecule has 1 aromatic heterocycles. The molecule has 1 heterocycles. The Morgan fingerprint density at radius 3 is 2.04 bits per heavy atom. The summed E-state index contributed by atoms with van der Waals surface area (Å²) in [7, 11) is 0. The van der Waals surface area contributed by atoms with Gasteiger partial charge in [-0.15, -0.1) is 0 Å². The summed E-state index contributed by atoms with van der Waals surface area (Å²) in [4.78, 5) is 27.6. The van der Waals surface area contributed by atoms with E-state index in [-0.39, 0.29) is 23.2 Å². The van der Waals surface area contributed by atoms with Gasteiger partial charge in [-0.25, -0.2) is 9.37 Å². The van der Waals surface area contributed by atoms with Crippen LogP contribution >= 0.6 is 0 Å². The van der Waals surface area contributed by atoms with Gasteiger partial charge in [-0.2, -0.15) is 0 Å². The van der Waals surface area contributed by atoms with Crippen molar-refractivity contribution in [1.29, 1.82) is 0 Å². The first-order chi connectivity index (χ1) is 12.5. The number of hydrogen-bond donors (Lipinski definition) is 2. The molecule has 0 aliphatic heterocycles. The van der Waals surface area contributed by atoms with Crippen LogP contribution in [-0.2, 0) is 0 Å². The first-order valence-electron chi connectivity index (χ1n) is 7.92. The van der Waals surface area contributed by atoms with Crippen LogP contribution < -0.4 is 10.6 Å². The van der Waals surface area contributed by atoms with Gasteiger partial charge in [-0.3, -0.25) is 9.59 Å². The van der Waals surface area contributed by atoms with Crippen LogP contribution in [0, 0.1) is 5.82 Å². The quantitative estimate of drug-likeness (QED) is 0.669. The van der Waals surface area contributed by atoms with Crippen molar-refractivity contribution in [1.82, 2.24) is 4.98 Å². The Morgan fingerprint density at radius 2 is 1.46 bits per heavy atom. The minimum atomic E-state index is -0.353. The molecule has 0 atom stereocenters. The fourth-order valence-corrected chi connectivity index (χ4v) is 2.29. The molecule has 26 heavy (non-hydrogen) atoms. The van der Waals surface area contributed by atoms with Gasteiger partial charge in [-0.05, 0) is 67.6 Å². The third-order valence-corrected chi connectivity index (χ3v) is 3.68. The van der Waals surface area contributed by atoms with Crippen LogP contribution in [-0.4, -0.2) is 16.7 Å². The maximum Gasteiger partial charge on any atom is 0.274 e. The summed E-state index contributed by atoms with van der Waals surface area (Å²) >= 11 is 0. The first-order valence-corrected chi connectivity index (χ1v) is 7.92. The van der Waals surface area contributed by atoms with Crippen LogP contribution in [0.25, 0.3) is 0 Å². The molecule has 0 aliphatic carbocycles. The van der Waals surface area contributed by atoms with Crippen molar-refractivity contribution in [2.24, 2.45) is 0 Å². The van der Waals surface area contributed by atoms with Gasteiger partial charge in [0.2, 0.25) is 0 Å². The summed E-state index contributed by atoms with van der Waals surface area (Å²) in [5, 5.41) is 5.80. The van der Waals surface area contributed by atoms with Gasteiger partial charge in [0.25, 0.3) is 5.91 Å². The molecule has 0 fully saturated rings. The molecule has 2 aromatic carbocycles. The van der Waals surface area contributed by atoms with Gasteiger partial charge < -0.3 is 10.6 Å². The lowest BCUT2D eigenvalue weighted by atomic mass is 10.1. The van der Waals surface area contributed by atoms with Crippen LogP contribution in [0.15, 0.2) is 66.9 Å². The van der Waals surface area contributed by atoms with Crippen molar-refractivity contribution in [3.8, 4) is 0 Å². The molecule has 0 unspecified atom stereocenters. The van der Waals surface area contributed by atoms with Crippen molar-refractivity contribution in [3.05, 3.63) is 83.9 Å². The summed E-state index contributed by atoms with van der Waals surface area (Å²) < 4.78 is 12.9. The number of nitrogens with zero attached hydrogens (tertiary/aromatic N) is 1. The van der Waals surface area contributed by atoms with E-state index in [1.165, 1.54) is 25.3 Å². The van der Waals surface area contributed by atoms with E-state index in [9.17, 15) is 14.0 Å². The largest absolute Gasteiger partial charge is 0.354 e. The summed E-state index contributed by atoms with van der Waals surface area (Å²) in [6, 6.07) is 15.9. The highest BCUT2D eigenvalue weighted by Gasteiger charge is 2.08. The highest BCUT2D eigenvalue weighted by molar-refractivity contribution is 6.03. The van der Waals surface area contributed by atoms with E-state index >= 15 is 0 Å². The average Bonchev–Trinajstić information content (AvgIpc) is 2.64. The number of pyridine rings is 1. The second kappa shape index (κ2) is 7.57. The summed E-state index contributed by atoms with van der Waals surface area (Å²) in [6.45, 7) is 1.49. The molecular formula is C20H16FN3O2. The smallest absolute Gasteiger partial charge is 0.274 e. The van der Waals surface area contributed by atoms with Crippen LogP contribution in [0.4, 0.5) is 21.5 Å². The third kappa shape index (κ3) is 4.30.